The number of anilines is 1. The van der Waals surface area contributed by atoms with Gasteiger partial charge in [0, 0.05) is 19.3 Å². The number of hydrogen-bond acceptors (Lipinski definition) is 6. The van der Waals surface area contributed by atoms with Crippen molar-refractivity contribution in [3.8, 4) is 5.75 Å². The van der Waals surface area contributed by atoms with Gasteiger partial charge in [0.1, 0.15) is 5.82 Å². The number of benzene rings is 1. The quantitative estimate of drug-likeness (QED) is 0.778. The van der Waals surface area contributed by atoms with Crippen LogP contribution in [0.2, 0.25) is 0 Å². The van der Waals surface area contributed by atoms with E-state index < -0.39 is 27.6 Å². The number of nitrogens with one attached hydrogen (secondary N) is 1. The minimum absolute atomic E-state index is 0.114. The van der Waals surface area contributed by atoms with Crippen LogP contribution < -0.4 is 9.50 Å². The summed E-state index contributed by atoms with van der Waals surface area (Å²) in [5.74, 6) is -1.28. The minimum atomic E-state index is -5.21. The summed E-state index contributed by atoms with van der Waals surface area (Å²) in [6.45, 7) is 0.650. The molecule has 1 saturated heterocycles. The molecule has 0 bridgehead atoms. The summed E-state index contributed by atoms with van der Waals surface area (Å²) in [4.78, 5) is 16.8. The van der Waals surface area contributed by atoms with Crippen molar-refractivity contribution in [1.29, 1.82) is 0 Å². The third kappa shape index (κ3) is 4.58. The molecular weight excluding hydrogens is 382 g/mol. The number of nitrogens with zero attached hydrogens (tertiary/aromatic N) is 1. The molecule has 0 radical (unpaired) electrons. The van der Waals surface area contributed by atoms with Gasteiger partial charge in [-0.25, -0.2) is 4.39 Å². The van der Waals surface area contributed by atoms with E-state index in [-0.39, 0.29) is 11.4 Å². The maximum absolute atomic E-state index is 13.7. The van der Waals surface area contributed by atoms with Crippen molar-refractivity contribution < 1.29 is 30.4 Å². The molecule has 1 aliphatic heterocycles. The second kappa shape index (κ2) is 7.57. The van der Waals surface area contributed by atoms with Gasteiger partial charge in [-0.05, 0) is 30.5 Å². The van der Waals surface area contributed by atoms with Crippen LogP contribution >= 0.6 is 0 Å². The summed E-state index contributed by atoms with van der Waals surface area (Å²) in [6, 6.07) is 6.91. The Labute approximate surface area is 154 Å². The van der Waals surface area contributed by atoms with E-state index in [0.717, 1.165) is 12.3 Å². The molecule has 0 unspecified atom stereocenters. The molecule has 1 aromatic carbocycles. The van der Waals surface area contributed by atoms with Gasteiger partial charge in [0.25, 0.3) is 0 Å². The molecule has 2 aromatic rings. The molecule has 144 valence electrons. The van der Waals surface area contributed by atoms with Crippen LogP contribution in [0.5, 0.6) is 5.75 Å². The molecule has 3 rings (SSSR count). The summed E-state index contributed by atoms with van der Waals surface area (Å²) < 4.78 is 57.0. The van der Waals surface area contributed by atoms with E-state index in [4.69, 9.17) is 4.74 Å². The van der Waals surface area contributed by atoms with Crippen LogP contribution in [0.15, 0.2) is 42.7 Å². The monoisotopic (exact) mass is 398 g/mol. The number of carbonyl (C=O) groups excluding carboxylic acids is 1. The van der Waals surface area contributed by atoms with Gasteiger partial charge in [0.05, 0.1) is 23.5 Å². The first-order valence-corrected chi connectivity index (χ1v) is 9.34. The van der Waals surface area contributed by atoms with E-state index in [0.29, 0.717) is 31.6 Å². The molecule has 1 aromatic heterocycles. The molecule has 1 N–H and O–H groups in total. The third-order valence-electron chi connectivity index (χ3n) is 4.32. The zero-order chi connectivity index (χ0) is 19.5. The Balaban J connectivity index is 1.89. The van der Waals surface area contributed by atoms with Gasteiger partial charge in [-0.1, -0.05) is 16.0 Å². The van der Waals surface area contributed by atoms with Gasteiger partial charge >= 0.3 is 10.5 Å². The number of rotatable bonds is 5. The van der Waals surface area contributed by atoms with Crippen LogP contribution in [0.4, 0.5) is 14.0 Å². The third-order valence-corrected chi connectivity index (χ3v) is 4.72. The van der Waals surface area contributed by atoms with Crippen LogP contribution in [-0.4, -0.2) is 32.5 Å². The molecule has 0 aliphatic carbocycles. The van der Waals surface area contributed by atoms with E-state index >= 15 is 0 Å². The lowest BCUT2D eigenvalue weighted by Gasteiger charge is -2.36. The lowest BCUT2D eigenvalue weighted by Crippen LogP contribution is -2.45. The van der Waals surface area contributed by atoms with Gasteiger partial charge in [0.2, 0.25) is 5.91 Å². The average Bonchev–Trinajstić information content (AvgIpc) is 2.61. The average molecular weight is 398 g/mol. The van der Waals surface area contributed by atoms with Crippen molar-refractivity contribution in [3.05, 3.63) is 54.1 Å². The number of amides is 1. The van der Waals surface area contributed by atoms with Crippen LogP contribution in [0, 0.1) is 5.82 Å². The molecule has 2 heterocycles. The largest absolute Gasteiger partial charge is 0.488 e. The topological polar surface area (TPSA) is 94.6 Å². The second-order valence-corrected chi connectivity index (χ2v) is 7.00. The zero-order valence-corrected chi connectivity index (χ0v) is 14.8. The number of halogens is 2. The van der Waals surface area contributed by atoms with E-state index in [2.05, 4.69) is 14.5 Å². The Morgan fingerprint density at radius 3 is 2.63 bits per heavy atom. The van der Waals surface area contributed by atoms with Crippen LogP contribution in [0.1, 0.15) is 18.4 Å². The number of pyridine rings is 1. The van der Waals surface area contributed by atoms with Crippen molar-refractivity contribution in [2.75, 3.05) is 18.5 Å². The molecular formula is C17H16F2N2O5S. The Morgan fingerprint density at radius 2 is 1.96 bits per heavy atom. The number of carbonyl (C=O) groups is 1. The molecule has 10 heteroatoms. The Morgan fingerprint density at radius 1 is 1.22 bits per heavy atom. The first-order valence-electron chi connectivity index (χ1n) is 8.03. The fourth-order valence-electron chi connectivity index (χ4n) is 3.05. The first kappa shape index (κ1) is 19.2. The Hall–Kier alpha value is -2.59. The molecule has 0 atom stereocenters. The second-order valence-electron chi connectivity index (χ2n) is 6.04. The first-order chi connectivity index (χ1) is 12.8. The van der Waals surface area contributed by atoms with Crippen LogP contribution in [0.25, 0.3) is 0 Å². The van der Waals surface area contributed by atoms with Crippen molar-refractivity contribution in [2.45, 2.75) is 18.3 Å². The SMILES string of the molecule is O=C(Nc1cncc(OS(=O)(=O)F)c1)C1(c2cccc(F)c2)CCOCC1. The fraction of sp³-hybridized carbons (Fsp3) is 0.294. The highest BCUT2D eigenvalue weighted by molar-refractivity contribution is 7.81. The standard InChI is InChI=1S/C17H16F2N2O5S/c18-13-3-1-2-12(8-13)17(4-6-25-7-5-17)16(22)21-14-9-15(11-20-10-14)26-27(19,23)24/h1-3,8-11H,4-7H2,(H,21,22). The summed E-state index contributed by atoms with van der Waals surface area (Å²) in [7, 11) is -5.21. The maximum Gasteiger partial charge on any atom is 0.488 e. The van der Waals surface area contributed by atoms with E-state index in [9.17, 15) is 21.5 Å². The number of ether oxygens (including phenoxy) is 1. The molecule has 0 spiro atoms. The van der Waals surface area contributed by atoms with Gasteiger partial charge in [-0.15, -0.1) is 0 Å². The lowest BCUT2D eigenvalue weighted by molar-refractivity contribution is -0.125. The summed E-state index contributed by atoms with van der Waals surface area (Å²) >= 11 is 0. The van der Waals surface area contributed by atoms with Crippen LogP contribution in [-0.2, 0) is 25.5 Å². The van der Waals surface area contributed by atoms with Gasteiger partial charge in [0.15, 0.2) is 5.75 Å². The van der Waals surface area contributed by atoms with Crippen molar-refractivity contribution in [2.24, 2.45) is 0 Å². The minimum Gasteiger partial charge on any atom is -0.381 e. The maximum atomic E-state index is 13.7. The normalized spacial score (nSPS) is 16.5. The number of hydrogen-bond donors (Lipinski definition) is 1. The van der Waals surface area contributed by atoms with Gasteiger partial charge in [-0.3, -0.25) is 9.78 Å². The molecule has 1 aliphatic rings. The van der Waals surface area contributed by atoms with Crippen LogP contribution in [0.3, 0.4) is 0 Å². The highest BCUT2D eigenvalue weighted by Crippen LogP contribution is 2.36. The Kier molecular flexibility index (Phi) is 5.38. The van der Waals surface area contributed by atoms with E-state index in [1.807, 2.05) is 0 Å². The number of aromatic nitrogens is 1. The predicted octanol–water partition coefficient (Wildman–Crippen LogP) is 2.50. The zero-order valence-electron chi connectivity index (χ0n) is 14.0. The molecule has 0 saturated carbocycles. The lowest BCUT2D eigenvalue weighted by atomic mass is 9.73. The summed E-state index contributed by atoms with van der Waals surface area (Å²) in [6.07, 6.45) is 2.92. The summed E-state index contributed by atoms with van der Waals surface area (Å²) in [5.41, 5.74) is -0.401. The van der Waals surface area contributed by atoms with Gasteiger partial charge < -0.3 is 14.2 Å². The molecule has 1 amide bonds. The van der Waals surface area contributed by atoms with E-state index in [1.165, 1.54) is 24.4 Å². The molecule has 7 nitrogen and oxygen atoms in total. The van der Waals surface area contributed by atoms with Crippen molar-refractivity contribution in [3.63, 3.8) is 0 Å². The van der Waals surface area contributed by atoms with Gasteiger partial charge in [-0.2, -0.15) is 8.42 Å². The fourth-order valence-corrected chi connectivity index (χ4v) is 3.37. The Bertz CT molecular complexity index is 946. The van der Waals surface area contributed by atoms with Crippen molar-refractivity contribution in [1.82, 2.24) is 4.98 Å². The summed E-state index contributed by atoms with van der Waals surface area (Å²) in [5, 5.41) is 2.62. The predicted molar refractivity (Wildman–Crippen MR) is 91.7 cm³/mol. The highest BCUT2D eigenvalue weighted by atomic mass is 32.3. The van der Waals surface area contributed by atoms with Crippen molar-refractivity contribution >= 4 is 22.1 Å². The highest BCUT2D eigenvalue weighted by Gasteiger charge is 2.42. The smallest absolute Gasteiger partial charge is 0.381 e. The molecule has 27 heavy (non-hydrogen) atoms. The molecule has 1 fully saturated rings. The van der Waals surface area contributed by atoms with E-state index in [1.54, 1.807) is 6.07 Å².